The van der Waals surface area contributed by atoms with Gasteiger partial charge in [-0.25, -0.2) is 0 Å². The lowest BCUT2D eigenvalue weighted by Crippen LogP contribution is -2.39. The average molecular weight is 275 g/mol. The van der Waals surface area contributed by atoms with Crippen LogP contribution in [-0.2, 0) is 4.79 Å². The van der Waals surface area contributed by atoms with Crippen LogP contribution >= 0.6 is 0 Å². The van der Waals surface area contributed by atoms with E-state index in [0.29, 0.717) is 30.2 Å². The summed E-state index contributed by atoms with van der Waals surface area (Å²) in [5.41, 5.74) is 0.607. The van der Waals surface area contributed by atoms with Gasteiger partial charge in [0.05, 0.1) is 0 Å². The highest BCUT2D eigenvalue weighted by molar-refractivity contribution is 5.95. The van der Waals surface area contributed by atoms with E-state index in [1.54, 1.807) is 30.0 Å². The van der Waals surface area contributed by atoms with E-state index in [4.69, 9.17) is 9.47 Å². The number of ketones is 1. The molecule has 0 saturated carbocycles. The lowest BCUT2D eigenvalue weighted by Gasteiger charge is -2.30. The van der Waals surface area contributed by atoms with Crippen LogP contribution in [0.1, 0.15) is 30.1 Å². The average Bonchev–Trinajstić information content (AvgIpc) is 2.94. The molecule has 106 valence electrons. The van der Waals surface area contributed by atoms with Crippen LogP contribution in [-0.4, -0.2) is 36.5 Å². The van der Waals surface area contributed by atoms with Crippen LogP contribution in [0.25, 0.3) is 0 Å². The van der Waals surface area contributed by atoms with E-state index in [-0.39, 0.29) is 24.4 Å². The number of carbonyl (C=O) groups is 2. The molecule has 2 aliphatic rings. The Morgan fingerprint density at radius 1 is 1.15 bits per heavy atom. The Morgan fingerprint density at radius 2 is 1.85 bits per heavy atom. The topological polar surface area (TPSA) is 55.8 Å². The van der Waals surface area contributed by atoms with Gasteiger partial charge in [0.2, 0.25) is 6.79 Å². The van der Waals surface area contributed by atoms with Crippen molar-refractivity contribution in [2.24, 2.45) is 5.92 Å². The SMILES string of the molecule is CC(=O)C1CCN(C(=O)c2ccc3c(c2)OCO3)CC1. The van der Waals surface area contributed by atoms with Gasteiger partial charge in [-0.15, -0.1) is 0 Å². The fourth-order valence-corrected chi connectivity index (χ4v) is 2.70. The molecule has 0 aromatic heterocycles. The summed E-state index contributed by atoms with van der Waals surface area (Å²) in [5, 5.41) is 0. The van der Waals surface area contributed by atoms with E-state index in [2.05, 4.69) is 0 Å². The number of benzene rings is 1. The third-order valence-corrected chi connectivity index (χ3v) is 3.98. The zero-order valence-corrected chi connectivity index (χ0v) is 11.4. The van der Waals surface area contributed by atoms with E-state index in [1.807, 2.05) is 0 Å². The lowest BCUT2D eigenvalue weighted by molar-refractivity contribution is -0.121. The van der Waals surface area contributed by atoms with Gasteiger partial charge in [-0.3, -0.25) is 9.59 Å². The maximum atomic E-state index is 12.4. The minimum absolute atomic E-state index is 0.00898. The second-order valence-electron chi connectivity index (χ2n) is 5.25. The fourth-order valence-electron chi connectivity index (χ4n) is 2.70. The van der Waals surface area contributed by atoms with Crippen LogP contribution in [0, 0.1) is 5.92 Å². The van der Waals surface area contributed by atoms with E-state index >= 15 is 0 Å². The minimum atomic E-state index is -0.00898. The van der Waals surface area contributed by atoms with Gasteiger partial charge in [0.15, 0.2) is 11.5 Å². The van der Waals surface area contributed by atoms with Crippen LogP contribution in [0.4, 0.5) is 0 Å². The Balaban J connectivity index is 1.69. The number of hydrogen-bond donors (Lipinski definition) is 0. The summed E-state index contributed by atoms with van der Waals surface area (Å²) in [7, 11) is 0. The molecule has 5 nitrogen and oxygen atoms in total. The number of rotatable bonds is 2. The summed E-state index contributed by atoms with van der Waals surface area (Å²) in [6, 6.07) is 5.24. The Kier molecular flexibility index (Phi) is 3.34. The molecule has 2 aliphatic heterocycles. The maximum absolute atomic E-state index is 12.4. The second-order valence-corrected chi connectivity index (χ2v) is 5.25. The fraction of sp³-hybridized carbons (Fsp3) is 0.467. The van der Waals surface area contributed by atoms with Gasteiger partial charge in [0.25, 0.3) is 5.91 Å². The minimum Gasteiger partial charge on any atom is -0.454 e. The van der Waals surface area contributed by atoms with Crippen molar-refractivity contribution in [3.8, 4) is 11.5 Å². The van der Waals surface area contributed by atoms with Crippen LogP contribution in [0.15, 0.2) is 18.2 Å². The predicted molar refractivity (Wildman–Crippen MR) is 71.9 cm³/mol. The first kappa shape index (κ1) is 13.0. The molecule has 0 bridgehead atoms. The maximum Gasteiger partial charge on any atom is 0.253 e. The molecule has 0 unspecified atom stereocenters. The molecule has 0 atom stereocenters. The number of likely N-dealkylation sites (tertiary alicyclic amines) is 1. The molecule has 1 fully saturated rings. The Bertz CT molecular complexity index is 547. The first-order valence-corrected chi connectivity index (χ1v) is 6.84. The van der Waals surface area contributed by atoms with Gasteiger partial charge in [0, 0.05) is 24.6 Å². The zero-order valence-electron chi connectivity index (χ0n) is 11.4. The van der Waals surface area contributed by atoms with Gasteiger partial charge in [-0.1, -0.05) is 0 Å². The second kappa shape index (κ2) is 5.15. The molecule has 0 aliphatic carbocycles. The van der Waals surface area contributed by atoms with Crippen molar-refractivity contribution in [3.05, 3.63) is 23.8 Å². The number of ether oxygens (including phenoxy) is 2. The van der Waals surface area contributed by atoms with E-state index in [1.165, 1.54) is 0 Å². The van der Waals surface area contributed by atoms with Gasteiger partial charge in [-0.05, 0) is 38.0 Å². The monoisotopic (exact) mass is 275 g/mol. The van der Waals surface area contributed by atoms with Crippen LogP contribution in [0.5, 0.6) is 11.5 Å². The zero-order chi connectivity index (χ0) is 14.1. The summed E-state index contributed by atoms with van der Waals surface area (Å²) >= 11 is 0. The lowest BCUT2D eigenvalue weighted by atomic mass is 9.93. The highest BCUT2D eigenvalue weighted by atomic mass is 16.7. The summed E-state index contributed by atoms with van der Waals surface area (Å²) in [4.78, 5) is 25.6. The molecule has 1 aromatic rings. The molecular weight excluding hydrogens is 258 g/mol. The van der Waals surface area contributed by atoms with E-state index in [9.17, 15) is 9.59 Å². The highest BCUT2D eigenvalue weighted by Crippen LogP contribution is 2.33. The summed E-state index contributed by atoms with van der Waals surface area (Å²) in [6.45, 7) is 3.10. The molecular formula is C15H17NO4. The van der Waals surface area contributed by atoms with Crippen molar-refractivity contribution in [2.45, 2.75) is 19.8 Å². The number of nitrogens with zero attached hydrogens (tertiary/aromatic N) is 1. The van der Waals surface area contributed by atoms with Gasteiger partial charge in [0.1, 0.15) is 5.78 Å². The number of hydrogen-bond acceptors (Lipinski definition) is 4. The quantitative estimate of drug-likeness (QED) is 0.826. The van der Waals surface area contributed by atoms with Crippen molar-refractivity contribution in [3.63, 3.8) is 0 Å². The number of piperidine rings is 1. The predicted octanol–water partition coefficient (Wildman–Crippen LogP) is 1.86. The largest absolute Gasteiger partial charge is 0.454 e. The number of amides is 1. The summed E-state index contributed by atoms with van der Waals surface area (Å²) < 4.78 is 10.5. The highest BCUT2D eigenvalue weighted by Gasteiger charge is 2.26. The molecule has 5 heteroatoms. The van der Waals surface area contributed by atoms with Crippen LogP contribution in [0.3, 0.4) is 0 Å². The Hall–Kier alpha value is -2.04. The molecule has 1 amide bonds. The molecule has 0 radical (unpaired) electrons. The summed E-state index contributed by atoms with van der Waals surface area (Å²) in [6.07, 6.45) is 1.51. The van der Waals surface area contributed by atoms with Crippen LogP contribution in [0.2, 0.25) is 0 Å². The third kappa shape index (κ3) is 2.35. The van der Waals surface area contributed by atoms with Gasteiger partial charge < -0.3 is 14.4 Å². The first-order chi connectivity index (χ1) is 9.65. The molecule has 1 aromatic carbocycles. The molecule has 0 N–H and O–H groups in total. The van der Waals surface area contributed by atoms with Crippen molar-refractivity contribution in [1.82, 2.24) is 4.90 Å². The number of fused-ring (bicyclic) bond motifs is 1. The molecule has 3 rings (SSSR count). The van der Waals surface area contributed by atoms with Crippen molar-refractivity contribution >= 4 is 11.7 Å². The van der Waals surface area contributed by atoms with Crippen molar-refractivity contribution < 1.29 is 19.1 Å². The number of carbonyl (C=O) groups excluding carboxylic acids is 2. The summed E-state index contributed by atoms with van der Waals surface area (Å²) in [5.74, 6) is 1.62. The van der Waals surface area contributed by atoms with Crippen molar-refractivity contribution in [2.75, 3.05) is 19.9 Å². The molecule has 1 saturated heterocycles. The molecule has 2 heterocycles. The normalized spacial score (nSPS) is 18.1. The third-order valence-electron chi connectivity index (χ3n) is 3.98. The van der Waals surface area contributed by atoms with Gasteiger partial charge >= 0.3 is 0 Å². The molecule has 20 heavy (non-hydrogen) atoms. The number of Topliss-reactive ketones (excluding diaryl/α,β-unsaturated/α-hetero) is 1. The van der Waals surface area contributed by atoms with Gasteiger partial charge in [-0.2, -0.15) is 0 Å². The van der Waals surface area contributed by atoms with Crippen molar-refractivity contribution in [1.29, 1.82) is 0 Å². The standard InChI is InChI=1S/C15H17NO4/c1-10(17)11-4-6-16(7-5-11)15(18)12-2-3-13-14(8-12)20-9-19-13/h2-3,8,11H,4-7,9H2,1H3. The Labute approximate surface area is 117 Å². The van der Waals surface area contributed by atoms with E-state index < -0.39 is 0 Å². The Morgan fingerprint density at radius 3 is 2.55 bits per heavy atom. The first-order valence-electron chi connectivity index (χ1n) is 6.84. The smallest absolute Gasteiger partial charge is 0.253 e. The molecule has 0 spiro atoms. The van der Waals surface area contributed by atoms with Crippen LogP contribution < -0.4 is 9.47 Å². The van der Waals surface area contributed by atoms with E-state index in [0.717, 1.165) is 12.8 Å².